The Morgan fingerprint density at radius 2 is 2.26 bits per heavy atom. The Hall–Kier alpha value is -1.22. The van der Waals surface area contributed by atoms with Gasteiger partial charge in [0.2, 0.25) is 0 Å². The molecule has 0 aliphatic carbocycles. The average molecular weight is 263 g/mol. The zero-order valence-electron chi connectivity index (χ0n) is 11.8. The van der Waals surface area contributed by atoms with E-state index >= 15 is 0 Å². The van der Waals surface area contributed by atoms with Crippen molar-refractivity contribution in [3.05, 3.63) is 35.1 Å². The first-order chi connectivity index (χ1) is 9.07. The monoisotopic (exact) mass is 263 g/mol. The van der Waals surface area contributed by atoms with E-state index in [4.69, 9.17) is 0 Å². The quantitative estimate of drug-likeness (QED) is 0.904. The van der Waals surface area contributed by atoms with Gasteiger partial charge in [0.1, 0.15) is 11.6 Å². The number of hydrogen-bond donors (Lipinski definition) is 1. The van der Waals surface area contributed by atoms with Crippen molar-refractivity contribution in [3.63, 3.8) is 0 Å². The summed E-state index contributed by atoms with van der Waals surface area (Å²) in [5.74, 6) is 0.0511. The molecule has 0 spiro atoms. The number of halogens is 1. The Morgan fingerprint density at radius 3 is 2.84 bits per heavy atom. The van der Waals surface area contributed by atoms with E-state index in [1.807, 2.05) is 6.92 Å². The highest BCUT2D eigenvalue weighted by molar-refractivity contribution is 5.87. The molecule has 1 aliphatic heterocycles. The number of nitrogens with one attached hydrogen (secondary N) is 1. The third-order valence-electron chi connectivity index (χ3n) is 4.40. The van der Waals surface area contributed by atoms with Gasteiger partial charge in [0, 0.05) is 18.4 Å². The van der Waals surface area contributed by atoms with Gasteiger partial charge in [0.05, 0.1) is 0 Å². The van der Waals surface area contributed by atoms with E-state index in [1.54, 1.807) is 6.07 Å². The number of benzene rings is 1. The lowest BCUT2D eigenvalue weighted by Crippen LogP contribution is -2.45. The van der Waals surface area contributed by atoms with Gasteiger partial charge in [-0.05, 0) is 56.0 Å². The summed E-state index contributed by atoms with van der Waals surface area (Å²) < 4.78 is 13.1. The molecule has 2 rings (SSSR count). The van der Waals surface area contributed by atoms with Gasteiger partial charge in [-0.1, -0.05) is 13.0 Å². The number of rotatable bonds is 4. The fourth-order valence-corrected chi connectivity index (χ4v) is 2.92. The van der Waals surface area contributed by atoms with Crippen LogP contribution in [0.4, 0.5) is 4.39 Å². The normalized spacial score (nSPS) is 23.3. The zero-order chi connectivity index (χ0) is 13.9. The fourth-order valence-electron chi connectivity index (χ4n) is 2.92. The van der Waals surface area contributed by atoms with Crippen molar-refractivity contribution in [1.82, 2.24) is 5.32 Å². The topological polar surface area (TPSA) is 29.1 Å². The minimum absolute atomic E-state index is 0.223. The van der Waals surface area contributed by atoms with Crippen molar-refractivity contribution in [2.24, 2.45) is 5.41 Å². The lowest BCUT2D eigenvalue weighted by Gasteiger charge is -2.35. The van der Waals surface area contributed by atoms with Crippen molar-refractivity contribution < 1.29 is 9.18 Å². The molecular formula is C16H22FNO. The van der Waals surface area contributed by atoms with Crippen LogP contribution in [0.5, 0.6) is 0 Å². The fraction of sp³-hybridized carbons (Fsp3) is 0.562. The number of carbonyl (C=O) groups is 1. The minimum atomic E-state index is -0.238. The highest BCUT2D eigenvalue weighted by Crippen LogP contribution is 2.32. The largest absolute Gasteiger partial charge is 0.316 e. The highest BCUT2D eigenvalue weighted by Gasteiger charge is 2.37. The zero-order valence-corrected chi connectivity index (χ0v) is 11.8. The Balaban J connectivity index is 2.15. The molecule has 1 aliphatic rings. The second-order valence-electron chi connectivity index (χ2n) is 5.58. The van der Waals surface area contributed by atoms with Crippen molar-refractivity contribution in [1.29, 1.82) is 0 Å². The van der Waals surface area contributed by atoms with Gasteiger partial charge < -0.3 is 5.32 Å². The molecule has 1 saturated heterocycles. The van der Waals surface area contributed by atoms with E-state index in [0.29, 0.717) is 6.42 Å². The summed E-state index contributed by atoms with van der Waals surface area (Å²) in [5, 5.41) is 3.34. The van der Waals surface area contributed by atoms with Crippen LogP contribution in [-0.4, -0.2) is 18.9 Å². The molecule has 0 aromatic heterocycles. The predicted octanol–water partition coefficient (Wildman–Crippen LogP) is 3.03. The van der Waals surface area contributed by atoms with Crippen LogP contribution < -0.4 is 5.32 Å². The third-order valence-corrected chi connectivity index (χ3v) is 4.40. The van der Waals surface area contributed by atoms with Crippen molar-refractivity contribution in [2.75, 3.05) is 13.1 Å². The molecule has 1 unspecified atom stereocenters. The first kappa shape index (κ1) is 14.2. The van der Waals surface area contributed by atoms with E-state index in [9.17, 15) is 9.18 Å². The Kier molecular flexibility index (Phi) is 4.35. The van der Waals surface area contributed by atoms with Crippen LogP contribution in [0.1, 0.15) is 37.3 Å². The molecule has 1 aromatic rings. The van der Waals surface area contributed by atoms with E-state index in [-0.39, 0.29) is 17.0 Å². The number of aryl methyl sites for hydroxylation is 1. The summed E-state index contributed by atoms with van der Waals surface area (Å²) in [7, 11) is 0. The lowest BCUT2D eigenvalue weighted by molar-refractivity contribution is -0.129. The molecule has 0 amide bonds. The minimum Gasteiger partial charge on any atom is -0.316 e. The van der Waals surface area contributed by atoms with Crippen LogP contribution in [-0.2, 0) is 11.2 Å². The van der Waals surface area contributed by atoms with Crippen molar-refractivity contribution in [2.45, 2.75) is 39.5 Å². The van der Waals surface area contributed by atoms with Gasteiger partial charge in [-0.25, -0.2) is 4.39 Å². The maximum atomic E-state index is 13.1. The molecule has 1 atom stereocenters. The molecule has 2 nitrogen and oxygen atoms in total. The van der Waals surface area contributed by atoms with Crippen LogP contribution >= 0.6 is 0 Å². The second-order valence-corrected chi connectivity index (χ2v) is 5.58. The van der Waals surface area contributed by atoms with Crippen LogP contribution in [0.25, 0.3) is 0 Å². The molecule has 1 aromatic carbocycles. The summed E-state index contributed by atoms with van der Waals surface area (Å²) in [6.45, 7) is 5.74. The summed E-state index contributed by atoms with van der Waals surface area (Å²) >= 11 is 0. The molecule has 104 valence electrons. The van der Waals surface area contributed by atoms with Gasteiger partial charge in [-0.15, -0.1) is 0 Å². The molecule has 3 heteroatoms. The predicted molar refractivity (Wildman–Crippen MR) is 74.7 cm³/mol. The third kappa shape index (κ3) is 3.03. The van der Waals surface area contributed by atoms with Crippen molar-refractivity contribution >= 4 is 5.78 Å². The number of ketones is 1. The standard InChI is InChI=1S/C16H22FNO/c1-3-16(7-4-8-18-11-16)15(19)10-13-5-6-14(17)9-12(13)2/h5-6,9,18H,3-4,7-8,10-11H2,1-2H3. The maximum Gasteiger partial charge on any atom is 0.144 e. The van der Waals surface area contributed by atoms with E-state index in [0.717, 1.165) is 43.5 Å². The summed E-state index contributed by atoms with van der Waals surface area (Å²) in [6.07, 6.45) is 3.32. The van der Waals surface area contributed by atoms with Gasteiger partial charge in [-0.2, -0.15) is 0 Å². The van der Waals surface area contributed by atoms with Crippen LogP contribution in [0.3, 0.4) is 0 Å². The molecule has 1 fully saturated rings. The first-order valence-corrected chi connectivity index (χ1v) is 7.06. The Bertz CT molecular complexity index is 464. The molecular weight excluding hydrogens is 241 g/mol. The van der Waals surface area contributed by atoms with E-state index < -0.39 is 0 Å². The number of piperidine rings is 1. The molecule has 0 saturated carbocycles. The number of hydrogen-bond acceptors (Lipinski definition) is 2. The smallest absolute Gasteiger partial charge is 0.144 e. The van der Waals surface area contributed by atoms with Gasteiger partial charge in [0.15, 0.2) is 0 Å². The maximum absolute atomic E-state index is 13.1. The van der Waals surface area contributed by atoms with Crippen LogP contribution in [0.2, 0.25) is 0 Å². The van der Waals surface area contributed by atoms with Crippen LogP contribution in [0.15, 0.2) is 18.2 Å². The second kappa shape index (κ2) is 5.83. The lowest BCUT2D eigenvalue weighted by atomic mass is 9.73. The molecule has 19 heavy (non-hydrogen) atoms. The molecule has 1 heterocycles. The number of Topliss-reactive ketones (excluding diaryl/α,β-unsaturated/α-hetero) is 1. The Labute approximate surface area is 114 Å². The molecule has 1 N–H and O–H groups in total. The Morgan fingerprint density at radius 1 is 1.47 bits per heavy atom. The summed E-state index contributed by atoms with van der Waals surface area (Å²) in [5.41, 5.74) is 1.59. The summed E-state index contributed by atoms with van der Waals surface area (Å²) in [6, 6.07) is 4.68. The molecule has 0 bridgehead atoms. The van der Waals surface area contributed by atoms with Crippen LogP contribution in [0, 0.1) is 18.2 Å². The average Bonchev–Trinajstić information content (AvgIpc) is 2.42. The van der Waals surface area contributed by atoms with E-state index in [1.165, 1.54) is 12.1 Å². The van der Waals surface area contributed by atoms with Gasteiger partial charge in [0.25, 0.3) is 0 Å². The highest BCUT2D eigenvalue weighted by atomic mass is 19.1. The van der Waals surface area contributed by atoms with Gasteiger partial charge >= 0.3 is 0 Å². The number of carbonyl (C=O) groups excluding carboxylic acids is 1. The first-order valence-electron chi connectivity index (χ1n) is 7.06. The SMILES string of the molecule is CCC1(C(=O)Cc2ccc(F)cc2C)CCCNC1. The van der Waals surface area contributed by atoms with Gasteiger partial charge in [-0.3, -0.25) is 4.79 Å². The summed E-state index contributed by atoms with van der Waals surface area (Å²) in [4.78, 5) is 12.6. The molecule has 0 radical (unpaired) electrons. The van der Waals surface area contributed by atoms with Crippen molar-refractivity contribution in [3.8, 4) is 0 Å². The van der Waals surface area contributed by atoms with E-state index in [2.05, 4.69) is 12.2 Å².